The minimum atomic E-state index is -1.03. The molecule has 0 radical (unpaired) electrons. The molecule has 7 N–H and O–H groups in total. The van der Waals surface area contributed by atoms with Crippen LogP contribution in [0.5, 0.6) is 11.5 Å². The number of nitrogens with one attached hydrogen (secondary N) is 5. The fourth-order valence-corrected chi connectivity index (χ4v) is 13.5. The number of hydrogen-bond acceptors (Lipinski definition) is 15. The van der Waals surface area contributed by atoms with E-state index in [1.54, 1.807) is 19.5 Å². The van der Waals surface area contributed by atoms with Crippen molar-refractivity contribution < 1.29 is 38.2 Å². The molecule has 3 atom stereocenters. The smallest absolute Gasteiger partial charge is 0.251 e. The molecule has 4 saturated heterocycles. The number of piperidine rings is 3. The van der Waals surface area contributed by atoms with Crippen molar-refractivity contribution in [1.82, 2.24) is 55.8 Å². The van der Waals surface area contributed by atoms with Crippen molar-refractivity contribution in [2.45, 2.75) is 120 Å². The lowest BCUT2D eigenvalue weighted by atomic mass is 9.83. The number of nitrogens with zero attached hydrogens (tertiary/aromatic N) is 7. The van der Waals surface area contributed by atoms with Crippen LogP contribution in [0.2, 0.25) is 5.02 Å². The standard InChI is InChI=1S/C66H90ClN13O8/c1-3-87-57-40-54(86-2)19-16-50(57)41-69-42-58(81)80-28-8-13-51(43-80)48-11-7-12-49(39-48)63(83)75-60(47-9-5-4-6-10-47)64(84)71-27-38-88-53-21-29-77(30-22-53)44-59(82)78-36-34-76(35-37-78)31-23-56(46-14-17-52(67)18-15-46)74-65(85)66(68)24-32-79(33-25-66)62-55-20-26-70-61(55)72-45-73-62/h7,11-12,14-20,26,39-40,45,47,51,53,56,60,69H,3-6,8-10,13,21-25,27-38,41-44,68H2,1-2H3,(H,71,84)(H,74,85)(H,75,83)(H,70,72,73)/t51?,56-,60-/m0/s1. The summed E-state index contributed by atoms with van der Waals surface area (Å²) in [4.78, 5) is 91.8. The first-order chi connectivity index (χ1) is 42.8. The zero-order valence-electron chi connectivity index (χ0n) is 51.3. The maximum Gasteiger partial charge on any atom is 0.251 e. The maximum absolute atomic E-state index is 14.0. The predicted molar refractivity (Wildman–Crippen MR) is 339 cm³/mol. The molecule has 5 amide bonds. The second kappa shape index (κ2) is 31.0. The Morgan fingerprint density at radius 1 is 0.807 bits per heavy atom. The molecule has 5 aliphatic rings. The lowest BCUT2D eigenvalue weighted by Crippen LogP contribution is -2.60. The number of halogens is 1. The molecule has 1 aliphatic carbocycles. The molecule has 1 saturated carbocycles. The molecular formula is C66H90ClN13O8. The number of rotatable bonds is 25. The highest BCUT2D eigenvalue weighted by atomic mass is 35.5. The summed E-state index contributed by atoms with van der Waals surface area (Å²) in [6.45, 7) is 11.6. The summed E-state index contributed by atoms with van der Waals surface area (Å²) in [6, 6.07) is 22.0. The first kappa shape index (κ1) is 64.1. The van der Waals surface area contributed by atoms with Crippen LogP contribution >= 0.6 is 11.6 Å². The van der Waals surface area contributed by atoms with Crippen molar-refractivity contribution in [3.63, 3.8) is 0 Å². The van der Waals surface area contributed by atoms with Gasteiger partial charge in [-0.2, -0.15) is 0 Å². The third-order valence-corrected chi connectivity index (χ3v) is 18.9. The number of piperazine rings is 1. The summed E-state index contributed by atoms with van der Waals surface area (Å²) in [5, 5.41) is 14.4. The molecule has 5 fully saturated rings. The number of aromatic nitrogens is 3. The van der Waals surface area contributed by atoms with E-state index >= 15 is 0 Å². The Hall–Kier alpha value is -6.88. The van der Waals surface area contributed by atoms with Crippen LogP contribution in [0.4, 0.5) is 5.82 Å². The minimum Gasteiger partial charge on any atom is -0.497 e. The number of likely N-dealkylation sites (tertiary alicyclic amines) is 2. The fourth-order valence-electron chi connectivity index (χ4n) is 13.4. The minimum absolute atomic E-state index is 0.0230. The van der Waals surface area contributed by atoms with Gasteiger partial charge in [-0.3, -0.25) is 33.8 Å². The van der Waals surface area contributed by atoms with E-state index in [0.29, 0.717) is 108 Å². The van der Waals surface area contributed by atoms with E-state index < -0.39 is 11.6 Å². The van der Waals surface area contributed by atoms with E-state index in [9.17, 15) is 24.0 Å². The highest BCUT2D eigenvalue weighted by Gasteiger charge is 2.40. The first-order valence-electron chi connectivity index (χ1n) is 32.0. The molecule has 0 spiro atoms. The van der Waals surface area contributed by atoms with Crippen LogP contribution in [-0.2, 0) is 30.5 Å². The number of nitrogens with two attached hydrogens (primary N) is 1. The lowest BCUT2D eigenvalue weighted by molar-refractivity contribution is -0.135. The van der Waals surface area contributed by atoms with Gasteiger partial charge < -0.3 is 60.9 Å². The third kappa shape index (κ3) is 16.9. The number of carbonyl (C=O) groups is 5. The second-order valence-electron chi connectivity index (χ2n) is 24.5. The Kier molecular flexibility index (Phi) is 22.6. The van der Waals surface area contributed by atoms with Crippen LogP contribution in [-0.4, -0.2) is 194 Å². The summed E-state index contributed by atoms with van der Waals surface area (Å²) in [6.07, 6.45) is 13.3. The monoisotopic (exact) mass is 1230 g/mol. The molecule has 22 heteroatoms. The second-order valence-corrected chi connectivity index (χ2v) is 24.9. The molecule has 5 aromatic rings. The van der Waals surface area contributed by atoms with Gasteiger partial charge in [0.15, 0.2) is 0 Å². The van der Waals surface area contributed by atoms with E-state index in [0.717, 1.165) is 130 Å². The van der Waals surface area contributed by atoms with Crippen molar-refractivity contribution in [2.24, 2.45) is 11.7 Å². The van der Waals surface area contributed by atoms with Gasteiger partial charge in [0.05, 0.1) is 56.5 Å². The highest BCUT2D eigenvalue weighted by Crippen LogP contribution is 2.33. The van der Waals surface area contributed by atoms with Crippen molar-refractivity contribution in [1.29, 1.82) is 0 Å². The van der Waals surface area contributed by atoms with Gasteiger partial charge >= 0.3 is 0 Å². The first-order valence-corrected chi connectivity index (χ1v) is 32.4. The van der Waals surface area contributed by atoms with Gasteiger partial charge in [-0.05, 0) is 118 Å². The van der Waals surface area contributed by atoms with Crippen molar-refractivity contribution in [2.75, 3.05) is 117 Å². The van der Waals surface area contributed by atoms with Crippen LogP contribution in [0.25, 0.3) is 11.0 Å². The summed E-state index contributed by atoms with van der Waals surface area (Å²) < 4.78 is 17.5. The predicted octanol–water partition coefficient (Wildman–Crippen LogP) is 6.18. The molecule has 3 aromatic carbocycles. The Morgan fingerprint density at radius 3 is 2.35 bits per heavy atom. The number of aromatic amines is 1. The Morgan fingerprint density at radius 2 is 1.59 bits per heavy atom. The molecule has 2 aromatic heterocycles. The number of methoxy groups -OCH3 is 1. The van der Waals surface area contributed by atoms with Crippen LogP contribution in [0.15, 0.2) is 85.3 Å². The van der Waals surface area contributed by atoms with Crippen molar-refractivity contribution >= 4 is 58.0 Å². The summed E-state index contributed by atoms with van der Waals surface area (Å²) in [5.41, 5.74) is 10.1. The summed E-state index contributed by atoms with van der Waals surface area (Å²) in [7, 11) is 1.62. The summed E-state index contributed by atoms with van der Waals surface area (Å²) in [5.74, 6) is 1.93. The number of carbonyl (C=O) groups excluding carboxylic acids is 5. The van der Waals surface area contributed by atoms with E-state index in [4.69, 9.17) is 31.5 Å². The highest BCUT2D eigenvalue weighted by molar-refractivity contribution is 6.30. The Bertz CT molecular complexity index is 3120. The number of benzene rings is 3. The Balaban J connectivity index is 0.623. The molecule has 10 rings (SSSR count). The molecule has 1 unspecified atom stereocenters. The quantitative estimate of drug-likeness (QED) is 0.0358. The molecule has 474 valence electrons. The van der Waals surface area contributed by atoms with Gasteiger partial charge in [-0.25, -0.2) is 9.97 Å². The SMILES string of the molecule is CCOc1cc(OC)ccc1CNCC(=O)N1CCCC(c2cccc(C(=O)N[C@H](C(=O)NCCOC3CCN(CC(=O)N4CCN(CC[C@H](NC(=O)C5(N)CCN(c6ncnc7[nH]ccc67)CC5)c5ccc(Cl)cc5)CC4)CC3)C3CCCCC3)c2)C1. The van der Waals surface area contributed by atoms with Gasteiger partial charge in [0.25, 0.3) is 5.91 Å². The number of H-pyrrole nitrogens is 1. The molecule has 88 heavy (non-hydrogen) atoms. The average Bonchev–Trinajstić information content (AvgIpc) is 3.97. The number of ether oxygens (including phenoxy) is 3. The molecule has 21 nitrogen and oxygen atoms in total. The number of hydrogen-bond donors (Lipinski definition) is 6. The maximum atomic E-state index is 14.0. The van der Waals surface area contributed by atoms with E-state index in [1.807, 2.05) is 89.7 Å². The topological polar surface area (TPSA) is 245 Å². The van der Waals surface area contributed by atoms with Crippen molar-refractivity contribution in [3.8, 4) is 11.5 Å². The fraction of sp³-hybridized carbons (Fsp3) is 0.561. The van der Waals surface area contributed by atoms with Crippen LogP contribution in [0.3, 0.4) is 0 Å². The average molecular weight is 1230 g/mol. The molecule has 6 heterocycles. The number of fused-ring (bicyclic) bond motifs is 1. The van der Waals surface area contributed by atoms with Crippen molar-refractivity contribution in [3.05, 3.63) is 113 Å². The molecule has 0 bridgehead atoms. The Labute approximate surface area is 522 Å². The molecular weight excluding hydrogens is 1140 g/mol. The van der Waals surface area contributed by atoms with E-state index in [-0.39, 0.29) is 60.1 Å². The molecule has 4 aliphatic heterocycles. The van der Waals surface area contributed by atoms with Gasteiger partial charge in [-0.1, -0.05) is 61.2 Å². The van der Waals surface area contributed by atoms with E-state index in [2.05, 4.69) is 50.9 Å². The third-order valence-electron chi connectivity index (χ3n) is 18.7. The largest absolute Gasteiger partial charge is 0.497 e. The van der Waals surface area contributed by atoms with Gasteiger partial charge in [-0.15, -0.1) is 0 Å². The van der Waals surface area contributed by atoms with E-state index in [1.165, 1.54) is 0 Å². The van der Waals surface area contributed by atoms with Crippen LogP contribution in [0.1, 0.15) is 123 Å². The normalized spacial score (nSPS) is 19.6. The zero-order chi connectivity index (χ0) is 61.4. The van der Waals surface area contributed by atoms with Crippen LogP contribution < -0.4 is 41.4 Å². The van der Waals surface area contributed by atoms with Crippen LogP contribution in [0, 0.1) is 5.92 Å². The van der Waals surface area contributed by atoms with Gasteiger partial charge in [0, 0.05) is 119 Å². The summed E-state index contributed by atoms with van der Waals surface area (Å²) >= 11 is 6.29. The van der Waals surface area contributed by atoms with Gasteiger partial charge in [0.1, 0.15) is 35.3 Å². The zero-order valence-corrected chi connectivity index (χ0v) is 52.1. The number of amides is 5. The van der Waals surface area contributed by atoms with Gasteiger partial charge in [0.2, 0.25) is 23.6 Å². The lowest BCUT2D eigenvalue weighted by Gasteiger charge is -2.40. The number of anilines is 1.